The van der Waals surface area contributed by atoms with Crippen LogP contribution in [0.3, 0.4) is 0 Å². The van der Waals surface area contributed by atoms with Gasteiger partial charge in [-0.25, -0.2) is 0 Å². The zero-order chi connectivity index (χ0) is 15.6. The lowest BCUT2D eigenvalue weighted by atomic mass is 10.1. The molecule has 0 rings (SSSR count). The minimum absolute atomic E-state index is 0.00264. The second-order valence-electron chi connectivity index (χ2n) is 5.90. The number of unbranched alkanes of at least 4 members (excludes halogenated alkanes) is 11. The number of rotatable bonds is 16. The average Bonchev–Trinajstić information content (AvgIpc) is 2.49. The van der Waals surface area contributed by atoms with Crippen LogP contribution in [0.15, 0.2) is 0 Å². The Balaban J connectivity index is 3.13. The highest BCUT2D eigenvalue weighted by molar-refractivity contribution is 9.09. The van der Waals surface area contributed by atoms with Crippen molar-refractivity contribution in [1.29, 1.82) is 0 Å². The first-order chi connectivity index (χ1) is 10.3. The maximum atomic E-state index is 11.5. The Kier molecular flexibility index (Phi) is 18.0. The number of carbonyl (C=O) groups excluding carboxylic acids is 1. The molecule has 0 saturated heterocycles. The third kappa shape index (κ3) is 17.9. The van der Waals surface area contributed by atoms with E-state index in [2.05, 4.69) is 22.9 Å². The first-order valence-electron chi connectivity index (χ1n) is 9.02. The zero-order valence-corrected chi connectivity index (χ0v) is 15.6. The number of esters is 1. The van der Waals surface area contributed by atoms with Gasteiger partial charge in [-0.2, -0.15) is 0 Å². The monoisotopic (exact) mass is 362 g/mol. The van der Waals surface area contributed by atoms with E-state index in [4.69, 9.17) is 4.74 Å². The van der Waals surface area contributed by atoms with Gasteiger partial charge in [-0.1, -0.05) is 87.1 Å². The van der Waals surface area contributed by atoms with E-state index in [-0.39, 0.29) is 5.97 Å². The second kappa shape index (κ2) is 18.0. The largest absolute Gasteiger partial charge is 0.466 e. The Morgan fingerprint density at radius 1 is 0.762 bits per heavy atom. The van der Waals surface area contributed by atoms with Gasteiger partial charge in [0.1, 0.15) is 0 Å². The predicted octanol–water partition coefficient (Wildman–Crippen LogP) is 6.41. The quantitative estimate of drug-likeness (QED) is 0.180. The van der Waals surface area contributed by atoms with E-state index in [9.17, 15) is 4.79 Å². The van der Waals surface area contributed by atoms with Crippen molar-refractivity contribution >= 4 is 21.9 Å². The fraction of sp³-hybridized carbons (Fsp3) is 0.944. The average molecular weight is 363 g/mol. The van der Waals surface area contributed by atoms with E-state index in [1.807, 2.05) is 0 Å². The predicted molar refractivity (Wildman–Crippen MR) is 95.1 cm³/mol. The molecule has 0 atom stereocenters. The number of alkyl halides is 1. The number of carbonyl (C=O) groups is 1. The highest BCUT2D eigenvalue weighted by Crippen LogP contribution is 2.10. The molecular weight excluding hydrogens is 328 g/mol. The van der Waals surface area contributed by atoms with Crippen LogP contribution in [0.5, 0.6) is 0 Å². The summed E-state index contributed by atoms with van der Waals surface area (Å²) >= 11 is 3.45. The molecule has 0 aliphatic heterocycles. The summed E-state index contributed by atoms with van der Waals surface area (Å²) in [5, 5.41) is 1.12. The molecule has 0 aromatic carbocycles. The van der Waals surface area contributed by atoms with Gasteiger partial charge in [-0.15, -0.1) is 0 Å². The smallest absolute Gasteiger partial charge is 0.305 e. The third-order valence-electron chi connectivity index (χ3n) is 3.78. The van der Waals surface area contributed by atoms with Crippen LogP contribution in [0.1, 0.15) is 96.8 Å². The summed E-state index contributed by atoms with van der Waals surface area (Å²) in [6, 6.07) is 0. The maximum absolute atomic E-state index is 11.5. The van der Waals surface area contributed by atoms with E-state index in [0.29, 0.717) is 13.0 Å². The molecule has 0 fully saturated rings. The molecule has 0 bridgehead atoms. The van der Waals surface area contributed by atoms with Gasteiger partial charge < -0.3 is 4.74 Å². The summed E-state index contributed by atoms with van der Waals surface area (Å²) in [7, 11) is 0. The van der Waals surface area contributed by atoms with Crippen molar-refractivity contribution < 1.29 is 9.53 Å². The lowest BCUT2D eigenvalue weighted by Gasteiger charge is -2.05. The summed E-state index contributed by atoms with van der Waals surface area (Å²) in [5.41, 5.74) is 0. The van der Waals surface area contributed by atoms with Crippen LogP contribution in [-0.4, -0.2) is 17.9 Å². The second-order valence-corrected chi connectivity index (χ2v) is 6.70. The lowest BCUT2D eigenvalue weighted by Crippen LogP contribution is -2.05. The molecule has 0 saturated carbocycles. The normalized spacial score (nSPS) is 10.8. The van der Waals surface area contributed by atoms with Gasteiger partial charge in [0.05, 0.1) is 6.61 Å². The van der Waals surface area contributed by atoms with Crippen molar-refractivity contribution in [3.8, 4) is 0 Å². The molecule has 0 aromatic rings. The highest BCUT2D eigenvalue weighted by Gasteiger charge is 2.02. The summed E-state index contributed by atoms with van der Waals surface area (Å²) in [6.07, 6.45) is 16.7. The summed E-state index contributed by atoms with van der Waals surface area (Å²) < 4.78 is 5.26. The van der Waals surface area contributed by atoms with Crippen LogP contribution in [0, 0.1) is 0 Å². The van der Waals surface area contributed by atoms with E-state index < -0.39 is 0 Å². The number of hydrogen-bond acceptors (Lipinski definition) is 2. The van der Waals surface area contributed by atoms with E-state index in [1.165, 1.54) is 70.6 Å². The van der Waals surface area contributed by atoms with Gasteiger partial charge in [0.15, 0.2) is 0 Å². The van der Waals surface area contributed by atoms with Crippen molar-refractivity contribution in [2.24, 2.45) is 0 Å². The van der Waals surface area contributed by atoms with Gasteiger partial charge in [-0.3, -0.25) is 4.79 Å². The summed E-state index contributed by atoms with van der Waals surface area (Å²) in [5.74, 6) is 0.00264. The van der Waals surface area contributed by atoms with Gasteiger partial charge in [-0.05, 0) is 19.3 Å². The Morgan fingerprint density at radius 2 is 1.29 bits per heavy atom. The van der Waals surface area contributed by atoms with Crippen LogP contribution in [-0.2, 0) is 9.53 Å². The van der Waals surface area contributed by atoms with E-state index in [1.54, 1.807) is 0 Å². The fourth-order valence-corrected chi connectivity index (χ4v) is 2.78. The molecule has 0 heterocycles. The molecule has 0 unspecified atom stereocenters. The molecule has 0 radical (unpaired) electrons. The van der Waals surface area contributed by atoms with Crippen molar-refractivity contribution in [3.05, 3.63) is 0 Å². The van der Waals surface area contributed by atoms with Crippen molar-refractivity contribution in [2.45, 2.75) is 96.8 Å². The molecular formula is C18H35BrO2. The first kappa shape index (κ1) is 20.9. The van der Waals surface area contributed by atoms with Crippen molar-refractivity contribution in [3.63, 3.8) is 0 Å². The van der Waals surface area contributed by atoms with Crippen LogP contribution in [0.2, 0.25) is 0 Å². The van der Waals surface area contributed by atoms with Gasteiger partial charge in [0, 0.05) is 11.8 Å². The molecule has 0 amide bonds. The van der Waals surface area contributed by atoms with E-state index >= 15 is 0 Å². The topological polar surface area (TPSA) is 26.3 Å². The van der Waals surface area contributed by atoms with Crippen molar-refractivity contribution in [1.82, 2.24) is 0 Å². The van der Waals surface area contributed by atoms with E-state index in [0.717, 1.165) is 18.2 Å². The fourth-order valence-electron chi connectivity index (χ4n) is 2.39. The minimum atomic E-state index is 0.00264. The van der Waals surface area contributed by atoms with Crippen molar-refractivity contribution in [2.75, 3.05) is 11.9 Å². The minimum Gasteiger partial charge on any atom is -0.466 e. The molecule has 3 heteroatoms. The summed E-state index contributed by atoms with van der Waals surface area (Å²) in [4.78, 5) is 11.5. The van der Waals surface area contributed by atoms with Crippen LogP contribution < -0.4 is 0 Å². The first-order valence-corrected chi connectivity index (χ1v) is 10.1. The Labute approximate surface area is 140 Å². The van der Waals surface area contributed by atoms with Crippen LogP contribution >= 0.6 is 15.9 Å². The zero-order valence-electron chi connectivity index (χ0n) is 14.0. The molecule has 0 aliphatic rings. The summed E-state index contributed by atoms with van der Waals surface area (Å²) in [6.45, 7) is 2.85. The highest BCUT2D eigenvalue weighted by atomic mass is 79.9. The van der Waals surface area contributed by atoms with Gasteiger partial charge in [0.25, 0.3) is 0 Å². The molecule has 2 nitrogen and oxygen atoms in total. The van der Waals surface area contributed by atoms with Gasteiger partial charge >= 0.3 is 5.97 Å². The standard InChI is InChI=1S/C18H35BrO2/c1-2-3-4-5-11-14-17-21-18(20)15-12-9-7-6-8-10-13-16-19/h2-17H2,1H3. The lowest BCUT2D eigenvalue weighted by molar-refractivity contribution is -0.143. The molecule has 0 spiro atoms. The van der Waals surface area contributed by atoms with Crippen LogP contribution in [0.25, 0.3) is 0 Å². The van der Waals surface area contributed by atoms with Gasteiger partial charge in [0.2, 0.25) is 0 Å². The number of halogens is 1. The SMILES string of the molecule is CCCCCCCCOC(=O)CCCCCCCCCBr. The molecule has 0 aromatic heterocycles. The Morgan fingerprint density at radius 3 is 1.90 bits per heavy atom. The molecule has 0 aliphatic carbocycles. The third-order valence-corrected chi connectivity index (χ3v) is 4.34. The Hall–Kier alpha value is -0.0500. The maximum Gasteiger partial charge on any atom is 0.305 e. The number of hydrogen-bond donors (Lipinski definition) is 0. The molecule has 21 heavy (non-hydrogen) atoms. The molecule has 126 valence electrons. The molecule has 0 N–H and O–H groups in total. The number of ether oxygens (including phenoxy) is 1. The van der Waals surface area contributed by atoms with Crippen LogP contribution in [0.4, 0.5) is 0 Å². The Bertz CT molecular complexity index is 219.